The third-order valence-electron chi connectivity index (χ3n) is 3.65. The summed E-state index contributed by atoms with van der Waals surface area (Å²) in [4.78, 5) is 16.7. The van der Waals surface area contributed by atoms with Crippen molar-refractivity contribution in [3.05, 3.63) is 96.6 Å². The van der Waals surface area contributed by atoms with Gasteiger partial charge in [-0.25, -0.2) is 10.3 Å². The number of carbonyl (C=O) groups is 1. The molecule has 7 nitrogen and oxygen atoms in total. The molecule has 0 aliphatic rings. The number of anilines is 1. The summed E-state index contributed by atoms with van der Waals surface area (Å²) in [6.45, 7) is 0. The molecule has 29 heavy (non-hydrogen) atoms. The van der Waals surface area contributed by atoms with Crippen molar-refractivity contribution in [2.75, 3.05) is 5.48 Å². The quantitative estimate of drug-likeness (QED) is 0.346. The number of benzene rings is 3. The second kappa shape index (κ2) is 9.43. The zero-order valence-corrected chi connectivity index (χ0v) is 16.0. The van der Waals surface area contributed by atoms with Gasteiger partial charge in [0.25, 0.3) is 10.0 Å². The topological polar surface area (TPSA) is 97.2 Å². The Balaban J connectivity index is 1.55. The summed E-state index contributed by atoms with van der Waals surface area (Å²) >= 11 is 0. The van der Waals surface area contributed by atoms with E-state index in [0.29, 0.717) is 11.4 Å². The van der Waals surface area contributed by atoms with Crippen molar-refractivity contribution in [1.82, 2.24) is 0 Å². The molecule has 1 N–H and O–H groups in total. The SMILES string of the molecule is O=C(/C=C/c1ccccc1)ONc1ccc(N=NS(=O)(=O)c2ccccc2)cc1. The van der Waals surface area contributed by atoms with Gasteiger partial charge in [0.2, 0.25) is 0 Å². The highest BCUT2D eigenvalue weighted by molar-refractivity contribution is 7.90. The fourth-order valence-corrected chi connectivity index (χ4v) is 3.01. The summed E-state index contributed by atoms with van der Waals surface area (Å²) in [5, 5.41) is 3.74. The minimum Gasteiger partial charge on any atom is -0.339 e. The zero-order valence-electron chi connectivity index (χ0n) is 15.2. The highest BCUT2D eigenvalue weighted by Gasteiger charge is 2.11. The van der Waals surface area contributed by atoms with Crippen LogP contribution in [0.25, 0.3) is 6.08 Å². The summed E-state index contributed by atoms with van der Waals surface area (Å²) in [5.41, 5.74) is 4.23. The molecule has 0 aromatic heterocycles. The van der Waals surface area contributed by atoms with E-state index in [1.54, 1.807) is 48.5 Å². The lowest BCUT2D eigenvalue weighted by Crippen LogP contribution is -2.07. The van der Waals surface area contributed by atoms with Gasteiger partial charge < -0.3 is 4.84 Å². The molecule has 0 amide bonds. The van der Waals surface area contributed by atoms with E-state index in [-0.39, 0.29) is 4.90 Å². The molecule has 0 unspecified atom stereocenters. The summed E-state index contributed by atoms with van der Waals surface area (Å²) in [6, 6.07) is 23.4. The maximum absolute atomic E-state index is 12.1. The van der Waals surface area contributed by atoms with Crippen molar-refractivity contribution < 1.29 is 18.0 Å². The van der Waals surface area contributed by atoms with Crippen LogP contribution in [-0.4, -0.2) is 14.4 Å². The average molecular weight is 407 g/mol. The van der Waals surface area contributed by atoms with Crippen LogP contribution in [0.5, 0.6) is 0 Å². The predicted octanol–water partition coefficient (Wildman–Crippen LogP) is 4.74. The summed E-state index contributed by atoms with van der Waals surface area (Å²) < 4.78 is 27.6. The van der Waals surface area contributed by atoms with E-state index in [1.165, 1.54) is 18.2 Å². The van der Waals surface area contributed by atoms with E-state index >= 15 is 0 Å². The fraction of sp³-hybridized carbons (Fsp3) is 0. The molecule has 0 saturated carbocycles. The van der Waals surface area contributed by atoms with Gasteiger partial charge in [-0.05, 0) is 48.0 Å². The third kappa shape index (κ3) is 6.12. The first kappa shape index (κ1) is 20.0. The van der Waals surface area contributed by atoms with Crippen LogP contribution in [0.2, 0.25) is 0 Å². The molecule has 146 valence electrons. The lowest BCUT2D eigenvalue weighted by atomic mass is 10.2. The minimum absolute atomic E-state index is 0.0671. The van der Waals surface area contributed by atoms with Gasteiger partial charge in [-0.3, -0.25) is 0 Å². The van der Waals surface area contributed by atoms with Gasteiger partial charge in [-0.15, -0.1) is 5.11 Å². The van der Waals surface area contributed by atoms with E-state index in [4.69, 9.17) is 4.84 Å². The second-order valence-corrected chi connectivity index (χ2v) is 7.37. The molecule has 0 aliphatic carbocycles. The van der Waals surface area contributed by atoms with Crippen LogP contribution >= 0.6 is 0 Å². The highest BCUT2D eigenvalue weighted by Crippen LogP contribution is 2.19. The largest absolute Gasteiger partial charge is 0.355 e. The van der Waals surface area contributed by atoms with Crippen molar-refractivity contribution in [3.8, 4) is 0 Å². The molecule has 0 spiro atoms. The van der Waals surface area contributed by atoms with Gasteiger partial charge in [0, 0.05) is 6.08 Å². The second-order valence-electron chi connectivity index (χ2n) is 5.78. The minimum atomic E-state index is -3.85. The Labute approximate surface area is 168 Å². The third-order valence-corrected chi connectivity index (χ3v) is 4.82. The molecule has 0 atom stereocenters. The van der Waals surface area contributed by atoms with Crippen LogP contribution < -0.4 is 5.48 Å². The van der Waals surface area contributed by atoms with E-state index < -0.39 is 16.0 Å². The standard InChI is InChI=1S/C21H17N3O4S/c25-21(16-11-17-7-3-1-4-8-17)28-23-19-14-12-18(13-15-19)22-24-29(26,27)20-9-5-2-6-10-20/h1-16,23H/b16-11+,24-22?. The van der Waals surface area contributed by atoms with Gasteiger partial charge in [-0.1, -0.05) is 53.1 Å². The Kier molecular flexibility index (Phi) is 6.49. The van der Waals surface area contributed by atoms with Crippen molar-refractivity contribution in [1.29, 1.82) is 0 Å². The van der Waals surface area contributed by atoms with Crippen LogP contribution in [-0.2, 0) is 19.7 Å². The number of nitrogens with zero attached hydrogens (tertiary/aromatic N) is 2. The Morgan fingerprint density at radius 3 is 2.14 bits per heavy atom. The molecule has 0 saturated heterocycles. The fourth-order valence-electron chi connectivity index (χ4n) is 2.21. The number of hydrogen-bond acceptors (Lipinski definition) is 6. The Morgan fingerprint density at radius 2 is 1.48 bits per heavy atom. The average Bonchev–Trinajstić information content (AvgIpc) is 2.77. The lowest BCUT2D eigenvalue weighted by molar-refractivity contribution is -0.134. The van der Waals surface area contributed by atoms with E-state index in [1.807, 2.05) is 30.3 Å². The van der Waals surface area contributed by atoms with Gasteiger partial charge >= 0.3 is 5.97 Å². The Morgan fingerprint density at radius 1 is 0.862 bits per heavy atom. The van der Waals surface area contributed by atoms with Crippen LogP contribution in [0, 0.1) is 0 Å². The van der Waals surface area contributed by atoms with Gasteiger partial charge in [-0.2, -0.15) is 8.42 Å². The molecule has 0 bridgehead atoms. The first-order valence-electron chi connectivity index (χ1n) is 8.56. The van der Waals surface area contributed by atoms with E-state index in [0.717, 1.165) is 5.56 Å². The first-order chi connectivity index (χ1) is 14.0. The smallest absolute Gasteiger partial charge is 0.339 e. The van der Waals surface area contributed by atoms with Crippen molar-refractivity contribution in [2.24, 2.45) is 9.63 Å². The molecule has 0 radical (unpaired) electrons. The van der Waals surface area contributed by atoms with Crippen molar-refractivity contribution in [2.45, 2.75) is 4.90 Å². The number of sulfonamides is 1. The molecule has 0 aliphatic heterocycles. The monoisotopic (exact) mass is 407 g/mol. The van der Waals surface area contributed by atoms with Crippen molar-refractivity contribution >= 4 is 33.4 Å². The molecule has 0 heterocycles. The lowest BCUT2D eigenvalue weighted by Gasteiger charge is -2.04. The molecular weight excluding hydrogens is 390 g/mol. The van der Waals surface area contributed by atoms with Gasteiger partial charge in [0.1, 0.15) is 0 Å². The van der Waals surface area contributed by atoms with Crippen molar-refractivity contribution in [3.63, 3.8) is 0 Å². The van der Waals surface area contributed by atoms with Gasteiger partial charge in [0.15, 0.2) is 0 Å². The highest BCUT2D eigenvalue weighted by atomic mass is 32.2. The van der Waals surface area contributed by atoms with Crippen LogP contribution in [0.4, 0.5) is 11.4 Å². The maximum Gasteiger partial charge on any atom is 0.355 e. The Bertz CT molecular complexity index is 1110. The normalized spacial score (nSPS) is 11.6. The number of rotatable bonds is 7. The van der Waals surface area contributed by atoms with E-state index in [2.05, 4.69) is 15.1 Å². The van der Waals surface area contributed by atoms with Crippen LogP contribution in [0.3, 0.4) is 0 Å². The Hall–Kier alpha value is -3.78. The summed E-state index contributed by atoms with van der Waals surface area (Å²) in [7, 11) is -3.85. The van der Waals surface area contributed by atoms with Crippen LogP contribution in [0.15, 0.2) is 106 Å². The number of hydrogen-bond donors (Lipinski definition) is 1. The van der Waals surface area contributed by atoms with E-state index in [9.17, 15) is 13.2 Å². The molecule has 3 aromatic carbocycles. The van der Waals surface area contributed by atoms with Gasteiger partial charge in [0.05, 0.1) is 16.3 Å². The van der Waals surface area contributed by atoms with Crippen LogP contribution in [0.1, 0.15) is 5.56 Å². The predicted molar refractivity (Wildman–Crippen MR) is 110 cm³/mol. The molecular formula is C21H17N3O4S. The number of carbonyl (C=O) groups excluding carboxylic acids is 1. The maximum atomic E-state index is 12.1. The number of nitrogens with one attached hydrogen (secondary N) is 1. The summed E-state index contributed by atoms with van der Waals surface area (Å²) in [5.74, 6) is -0.563. The molecule has 0 fully saturated rings. The molecule has 8 heteroatoms. The first-order valence-corrected chi connectivity index (χ1v) is 10.00. The molecule has 3 aromatic rings. The molecule has 3 rings (SSSR count). The zero-order chi connectivity index (χ0) is 20.5. The summed E-state index contributed by atoms with van der Waals surface area (Å²) in [6.07, 6.45) is 2.94.